The number of hydrogen-bond acceptors (Lipinski definition) is 2. The third-order valence-electron chi connectivity index (χ3n) is 2.25. The molecule has 0 aliphatic rings. The fraction of sp³-hybridized carbons (Fsp3) is 0.385. The van der Waals surface area contributed by atoms with Crippen molar-refractivity contribution in [1.82, 2.24) is 5.32 Å². The van der Waals surface area contributed by atoms with Gasteiger partial charge in [-0.05, 0) is 18.6 Å². The lowest BCUT2D eigenvalue weighted by Gasteiger charge is -2.15. The molecule has 0 spiro atoms. The molecule has 0 saturated carbocycles. The topological polar surface area (TPSA) is 12.0 Å². The highest BCUT2D eigenvalue weighted by Crippen LogP contribution is 2.21. The minimum atomic E-state index is 0.278. The summed E-state index contributed by atoms with van der Waals surface area (Å²) in [6, 6.07) is 8.20. The van der Waals surface area contributed by atoms with Crippen LogP contribution in [-0.2, 0) is 0 Å². The summed E-state index contributed by atoms with van der Waals surface area (Å²) in [7, 11) is 0. The van der Waals surface area contributed by atoms with Crippen LogP contribution >= 0.6 is 23.4 Å². The van der Waals surface area contributed by atoms with Crippen molar-refractivity contribution in [3.63, 3.8) is 0 Å². The maximum atomic E-state index is 6.11. The molecule has 0 radical (unpaired) electrons. The van der Waals surface area contributed by atoms with Gasteiger partial charge in [-0.15, -0.1) is 18.2 Å². The van der Waals surface area contributed by atoms with Gasteiger partial charge in [0.05, 0.1) is 5.75 Å². The van der Waals surface area contributed by atoms with Crippen molar-refractivity contribution in [1.29, 1.82) is 0 Å². The first-order valence-corrected chi connectivity index (χ1v) is 6.78. The molecular formula is C13H16ClNS. The number of hydrogen-bond donors (Lipinski definition) is 1. The molecule has 0 saturated heterocycles. The van der Waals surface area contributed by atoms with Crippen molar-refractivity contribution >= 4 is 23.4 Å². The second-order valence-electron chi connectivity index (χ2n) is 3.45. The van der Waals surface area contributed by atoms with Crippen molar-refractivity contribution in [2.24, 2.45) is 0 Å². The van der Waals surface area contributed by atoms with Crippen molar-refractivity contribution in [3.8, 4) is 12.3 Å². The Bertz CT molecular complexity index is 359. The lowest BCUT2D eigenvalue weighted by atomic mass is 10.1. The summed E-state index contributed by atoms with van der Waals surface area (Å²) in [4.78, 5) is 0. The molecule has 1 unspecified atom stereocenters. The molecule has 0 fully saturated rings. The molecule has 16 heavy (non-hydrogen) atoms. The fourth-order valence-electron chi connectivity index (χ4n) is 1.41. The molecule has 0 heterocycles. The van der Waals surface area contributed by atoms with Crippen molar-refractivity contribution in [2.45, 2.75) is 13.0 Å². The van der Waals surface area contributed by atoms with E-state index in [9.17, 15) is 0 Å². The molecule has 0 aliphatic heterocycles. The lowest BCUT2D eigenvalue weighted by molar-refractivity contribution is 0.601. The summed E-state index contributed by atoms with van der Waals surface area (Å²) in [6.07, 6.45) is 5.17. The minimum Gasteiger partial charge on any atom is -0.309 e. The molecule has 1 rings (SSSR count). The van der Waals surface area contributed by atoms with Crippen LogP contribution in [0.1, 0.15) is 18.5 Å². The second kappa shape index (κ2) is 7.62. The zero-order chi connectivity index (χ0) is 11.8. The smallest absolute Gasteiger partial charge is 0.0545 e. The van der Waals surface area contributed by atoms with E-state index in [0.29, 0.717) is 0 Å². The Labute approximate surface area is 107 Å². The molecule has 86 valence electrons. The Kier molecular flexibility index (Phi) is 6.40. The van der Waals surface area contributed by atoms with Crippen LogP contribution in [0.4, 0.5) is 0 Å². The summed E-state index contributed by atoms with van der Waals surface area (Å²) in [6.45, 7) is 3.06. The van der Waals surface area contributed by atoms with E-state index in [2.05, 4.69) is 24.2 Å². The van der Waals surface area contributed by atoms with E-state index in [1.807, 2.05) is 18.2 Å². The SMILES string of the molecule is C#CCSCCNC(C)c1ccccc1Cl. The molecule has 1 aromatic carbocycles. The summed E-state index contributed by atoms with van der Waals surface area (Å²) in [5, 5.41) is 4.24. The minimum absolute atomic E-state index is 0.278. The van der Waals surface area contributed by atoms with E-state index in [1.165, 1.54) is 0 Å². The van der Waals surface area contributed by atoms with Crippen LogP contribution in [0.5, 0.6) is 0 Å². The highest BCUT2D eigenvalue weighted by atomic mass is 35.5. The van der Waals surface area contributed by atoms with Gasteiger partial charge in [0, 0.05) is 23.4 Å². The molecular weight excluding hydrogens is 238 g/mol. The number of thioether (sulfide) groups is 1. The third kappa shape index (κ3) is 4.49. The van der Waals surface area contributed by atoms with Gasteiger partial charge in [-0.25, -0.2) is 0 Å². The number of terminal acetylenes is 1. The van der Waals surface area contributed by atoms with E-state index < -0.39 is 0 Å². The first kappa shape index (κ1) is 13.4. The van der Waals surface area contributed by atoms with Gasteiger partial charge in [0.25, 0.3) is 0 Å². The average Bonchev–Trinajstić information content (AvgIpc) is 2.29. The van der Waals surface area contributed by atoms with E-state index in [0.717, 1.165) is 28.6 Å². The maximum absolute atomic E-state index is 6.11. The summed E-state index contributed by atoms with van der Waals surface area (Å²) < 4.78 is 0. The zero-order valence-corrected chi connectivity index (χ0v) is 10.9. The van der Waals surface area contributed by atoms with Gasteiger partial charge in [-0.2, -0.15) is 0 Å². The second-order valence-corrected chi connectivity index (χ2v) is 4.97. The summed E-state index contributed by atoms with van der Waals surface area (Å²) in [5.41, 5.74) is 1.14. The molecule has 1 N–H and O–H groups in total. The fourth-order valence-corrected chi connectivity index (χ4v) is 2.24. The number of nitrogens with one attached hydrogen (secondary N) is 1. The van der Waals surface area contributed by atoms with Crippen LogP contribution in [-0.4, -0.2) is 18.1 Å². The highest BCUT2D eigenvalue weighted by Gasteiger charge is 2.07. The standard InChI is InChI=1S/C13H16ClNS/c1-3-9-16-10-8-15-11(2)12-6-4-5-7-13(12)14/h1,4-7,11,15H,8-10H2,2H3. The average molecular weight is 254 g/mol. The van der Waals surface area contributed by atoms with Crippen LogP contribution in [0.15, 0.2) is 24.3 Å². The highest BCUT2D eigenvalue weighted by molar-refractivity contribution is 7.99. The van der Waals surface area contributed by atoms with Gasteiger partial charge in [-0.3, -0.25) is 0 Å². The van der Waals surface area contributed by atoms with Gasteiger partial charge in [0.1, 0.15) is 0 Å². The van der Waals surface area contributed by atoms with Crippen LogP contribution < -0.4 is 5.32 Å². The van der Waals surface area contributed by atoms with Crippen LogP contribution in [0, 0.1) is 12.3 Å². The molecule has 1 aromatic rings. The van der Waals surface area contributed by atoms with Crippen LogP contribution in [0.2, 0.25) is 5.02 Å². The first-order valence-electron chi connectivity index (χ1n) is 5.24. The summed E-state index contributed by atoms with van der Waals surface area (Å²) in [5.74, 6) is 4.42. The van der Waals surface area contributed by atoms with Crippen molar-refractivity contribution in [3.05, 3.63) is 34.9 Å². The Morgan fingerprint density at radius 2 is 2.25 bits per heavy atom. The van der Waals surface area contributed by atoms with E-state index in [4.69, 9.17) is 18.0 Å². The first-order chi connectivity index (χ1) is 7.75. The Balaban J connectivity index is 2.33. The molecule has 3 heteroatoms. The third-order valence-corrected chi connectivity index (χ3v) is 3.46. The Morgan fingerprint density at radius 3 is 2.94 bits per heavy atom. The Hall–Kier alpha value is -0.620. The molecule has 0 aromatic heterocycles. The van der Waals surface area contributed by atoms with Crippen molar-refractivity contribution in [2.75, 3.05) is 18.1 Å². The van der Waals surface area contributed by atoms with Gasteiger partial charge in [0.15, 0.2) is 0 Å². The van der Waals surface area contributed by atoms with E-state index in [1.54, 1.807) is 11.8 Å². The quantitative estimate of drug-likeness (QED) is 0.616. The Morgan fingerprint density at radius 1 is 1.50 bits per heavy atom. The van der Waals surface area contributed by atoms with Gasteiger partial charge in [-0.1, -0.05) is 35.7 Å². The molecule has 0 aliphatic carbocycles. The molecule has 0 amide bonds. The van der Waals surface area contributed by atoms with Gasteiger partial charge >= 0.3 is 0 Å². The lowest BCUT2D eigenvalue weighted by Crippen LogP contribution is -2.21. The number of halogens is 1. The number of rotatable bonds is 6. The predicted octanol–water partition coefficient (Wildman–Crippen LogP) is 3.36. The monoisotopic (exact) mass is 253 g/mol. The number of benzene rings is 1. The van der Waals surface area contributed by atoms with E-state index in [-0.39, 0.29) is 6.04 Å². The largest absolute Gasteiger partial charge is 0.309 e. The predicted molar refractivity (Wildman–Crippen MR) is 74.0 cm³/mol. The summed E-state index contributed by atoms with van der Waals surface area (Å²) >= 11 is 7.87. The maximum Gasteiger partial charge on any atom is 0.0545 e. The van der Waals surface area contributed by atoms with Crippen LogP contribution in [0.25, 0.3) is 0 Å². The van der Waals surface area contributed by atoms with Crippen LogP contribution in [0.3, 0.4) is 0 Å². The molecule has 1 atom stereocenters. The van der Waals surface area contributed by atoms with Gasteiger partial charge in [0.2, 0.25) is 0 Å². The van der Waals surface area contributed by atoms with E-state index >= 15 is 0 Å². The van der Waals surface area contributed by atoms with Gasteiger partial charge < -0.3 is 5.32 Å². The normalized spacial score (nSPS) is 12.1. The zero-order valence-electron chi connectivity index (χ0n) is 9.37. The molecule has 1 nitrogen and oxygen atoms in total. The molecule has 0 bridgehead atoms. The van der Waals surface area contributed by atoms with Crippen molar-refractivity contribution < 1.29 is 0 Å².